The van der Waals surface area contributed by atoms with Crippen LogP contribution in [0.1, 0.15) is 18.4 Å². The van der Waals surface area contributed by atoms with E-state index in [9.17, 15) is 18.8 Å². The van der Waals surface area contributed by atoms with Gasteiger partial charge in [0, 0.05) is 25.3 Å². The monoisotopic (exact) mass is 424 g/mol. The Morgan fingerprint density at radius 2 is 1.74 bits per heavy atom. The van der Waals surface area contributed by atoms with E-state index in [0.717, 1.165) is 11.3 Å². The summed E-state index contributed by atoms with van der Waals surface area (Å²) >= 11 is 0. The molecule has 162 valence electrons. The number of amides is 4. The van der Waals surface area contributed by atoms with Gasteiger partial charge in [0.05, 0.1) is 5.69 Å². The predicted molar refractivity (Wildman–Crippen MR) is 115 cm³/mol. The predicted octanol–water partition coefficient (Wildman–Crippen LogP) is 2.69. The van der Waals surface area contributed by atoms with Crippen LogP contribution in [0, 0.1) is 12.7 Å². The van der Waals surface area contributed by atoms with Crippen LogP contribution in [-0.2, 0) is 9.59 Å². The molecule has 4 amide bonds. The lowest BCUT2D eigenvalue weighted by Crippen LogP contribution is -2.59. The second-order valence-corrected chi connectivity index (χ2v) is 7.89. The van der Waals surface area contributed by atoms with Gasteiger partial charge in [-0.15, -0.1) is 0 Å². The van der Waals surface area contributed by atoms with Crippen LogP contribution in [0.15, 0.2) is 48.5 Å². The van der Waals surface area contributed by atoms with E-state index in [2.05, 4.69) is 5.32 Å². The first-order chi connectivity index (χ1) is 14.9. The van der Waals surface area contributed by atoms with Crippen molar-refractivity contribution in [3.63, 3.8) is 0 Å². The van der Waals surface area contributed by atoms with Crippen molar-refractivity contribution in [3.8, 4) is 0 Å². The summed E-state index contributed by atoms with van der Waals surface area (Å²) in [5, 5.41) is 2.74. The SMILES string of the molecule is Cc1ccc(N2CCN(C(=O)NC3CCCN(c4ccccc4F)C3=O)CC2=O)cc1. The van der Waals surface area contributed by atoms with E-state index in [0.29, 0.717) is 32.5 Å². The Hall–Kier alpha value is -3.42. The number of anilines is 2. The zero-order chi connectivity index (χ0) is 22.0. The van der Waals surface area contributed by atoms with Crippen molar-refractivity contribution in [2.75, 3.05) is 36.0 Å². The highest BCUT2D eigenvalue weighted by molar-refractivity contribution is 6.01. The molecule has 1 unspecified atom stereocenters. The van der Waals surface area contributed by atoms with Crippen molar-refractivity contribution < 1.29 is 18.8 Å². The number of nitrogens with one attached hydrogen (secondary N) is 1. The fourth-order valence-electron chi connectivity index (χ4n) is 4.00. The van der Waals surface area contributed by atoms with E-state index < -0.39 is 17.9 Å². The van der Waals surface area contributed by atoms with E-state index in [-0.39, 0.29) is 24.0 Å². The van der Waals surface area contributed by atoms with Gasteiger partial charge in [-0.2, -0.15) is 0 Å². The molecule has 2 heterocycles. The summed E-state index contributed by atoms with van der Waals surface area (Å²) in [5.41, 5.74) is 2.13. The Balaban J connectivity index is 1.38. The van der Waals surface area contributed by atoms with Crippen molar-refractivity contribution in [1.29, 1.82) is 0 Å². The third kappa shape index (κ3) is 4.38. The van der Waals surface area contributed by atoms with E-state index >= 15 is 0 Å². The number of halogens is 1. The second-order valence-electron chi connectivity index (χ2n) is 7.89. The summed E-state index contributed by atoms with van der Waals surface area (Å²) in [4.78, 5) is 42.7. The smallest absolute Gasteiger partial charge is 0.318 e. The molecule has 2 aliphatic heterocycles. The van der Waals surface area contributed by atoms with Gasteiger partial charge in [0.25, 0.3) is 0 Å². The number of piperidine rings is 1. The number of hydrogen-bond donors (Lipinski definition) is 1. The summed E-state index contributed by atoms with van der Waals surface area (Å²) in [6, 6.07) is 12.6. The summed E-state index contributed by atoms with van der Waals surface area (Å²) < 4.78 is 14.1. The molecule has 0 spiro atoms. The van der Waals surface area contributed by atoms with Gasteiger partial charge < -0.3 is 20.0 Å². The lowest BCUT2D eigenvalue weighted by Gasteiger charge is -2.37. The van der Waals surface area contributed by atoms with Gasteiger partial charge in [0.2, 0.25) is 11.8 Å². The molecule has 2 aromatic carbocycles. The standard InChI is InChI=1S/C23H25FN4O3/c1-16-8-10-17(11-9-16)27-14-13-26(15-21(27)29)23(31)25-19-6-4-12-28(22(19)30)20-7-3-2-5-18(20)24/h2-3,5,7-11,19H,4,6,12-15H2,1H3,(H,25,31). The molecule has 1 atom stereocenters. The molecule has 7 nitrogen and oxygen atoms in total. The number of nitrogens with zero attached hydrogens (tertiary/aromatic N) is 3. The molecule has 31 heavy (non-hydrogen) atoms. The molecule has 0 aliphatic carbocycles. The maximum Gasteiger partial charge on any atom is 0.318 e. The second kappa shape index (κ2) is 8.75. The van der Waals surface area contributed by atoms with Gasteiger partial charge in [0.15, 0.2) is 0 Å². The Bertz CT molecular complexity index is 995. The molecular formula is C23H25FN4O3. The molecule has 4 rings (SSSR count). The third-order valence-corrected chi connectivity index (χ3v) is 5.73. The summed E-state index contributed by atoms with van der Waals surface area (Å²) in [7, 11) is 0. The highest BCUT2D eigenvalue weighted by Crippen LogP contribution is 2.24. The minimum absolute atomic E-state index is 0.0579. The average Bonchev–Trinajstić information content (AvgIpc) is 2.76. The van der Waals surface area contributed by atoms with Crippen molar-refractivity contribution in [2.45, 2.75) is 25.8 Å². The molecule has 0 radical (unpaired) electrons. The van der Waals surface area contributed by atoms with Crippen molar-refractivity contribution in [3.05, 3.63) is 59.9 Å². The fraction of sp³-hybridized carbons (Fsp3) is 0.348. The summed E-state index contributed by atoms with van der Waals surface area (Å²) in [5.74, 6) is -0.983. The molecule has 2 aromatic rings. The van der Waals surface area contributed by atoms with Gasteiger partial charge in [-0.25, -0.2) is 9.18 Å². The summed E-state index contributed by atoms with van der Waals surface area (Å²) in [6.45, 7) is 3.07. The zero-order valence-corrected chi connectivity index (χ0v) is 17.4. The van der Waals surface area contributed by atoms with E-state index in [1.807, 2.05) is 31.2 Å². The molecule has 0 bridgehead atoms. The third-order valence-electron chi connectivity index (χ3n) is 5.73. The quantitative estimate of drug-likeness (QED) is 0.824. The van der Waals surface area contributed by atoms with Crippen LogP contribution >= 0.6 is 0 Å². The Morgan fingerprint density at radius 3 is 2.45 bits per heavy atom. The first-order valence-electron chi connectivity index (χ1n) is 10.4. The molecule has 2 fully saturated rings. The number of carbonyl (C=O) groups excluding carboxylic acids is 3. The lowest BCUT2D eigenvalue weighted by atomic mass is 10.0. The van der Waals surface area contributed by atoms with E-state index in [1.165, 1.54) is 15.9 Å². The Morgan fingerprint density at radius 1 is 1.00 bits per heavy atom. The molecule has 2 aliphatic rings. The average molecular weight is 424 g/mol. The van der Waals surface area contributed by atoms with Gasteiger partial charge >= 0.3 is 6.03 Å². The molecule has 1 N–H and O–H groups in total. The minimum atomic E-state index is -0.744. The maximum atomic E-state index is 14.1. The van der Waals surface area contributed by atoms with Crippen molar-refractivity contribution >= 4 is 29.2 Å². The van der Waals surface area contributed by atoms with E-state index in [1.54, 1.807) is 23.1 Å². The lowest BCUT2D eigenvalue weighted by molar-refractivity contribution is -0.121. The van der Waals surface area contributed by atoms with Crippen LogP contribution in [0.25, 0.3) is 0 Å². The van der Waals surface area contributed by atoms with Crippen molar-refractivity contribution in [1.82, 2.24) is 10.2 Å². The number of piperazine rings is 1. The van der Waals surface area contributed by atoms with Crippen LogP contribution in [0.2, 0.25) is 0 Å². The topological polar surface area (TPSA) is 73.0 Å². The number of benzene rings is 2. The van der Waals surface area contributed by atoms with Crippen LogP contribution in [-0.4, -0.2) is 55.0 Å². The Kier molecular flexibility index (Phi) is 5.88. The van der Waals surface area contributed by atoms with Gasteiger partial charge in [0.1, 0.15) is 18.4 Å². The highest BCUT2D eigenvalue weighted by atomic mass is 19.1. The van der Waals surface area contributed by atoms with Gasteiger partial charge in [-0.1, -0.05) is 29.8 Å². The van der Waals surface area contributed by atoms with Crippen LogP contribution < -0.4 is 15.1 Å². The van der Waals surface area contributed by atoms with Gasteiger partial charge in [-0.05, 0) is 44.0 Å². The normalized spacial score (nSPS) is 19.5. The number of urea groups is 1. The number of rotatable bonds is 3. The van der Waals surface area contributed by atoms with Gasteiger partial charge in [-0.3, -0.25) is 9.59 Å². The first kappa shape index (κ1) is 20.8. The molecular weight excluding hydrogens is 399 g/mol. The fourth-order valence-corrected chi connectivity index (χ4v) is 4.00. The number of aryl methyl sites for hydroxylation is 1. The van der Waals surface area contributed by atoms with E-state index in [4.69, 9.17) is 0 Å². The molecule has 0 saturated carbocycles. The largest absolute Gasteiger partial charge is 0.326 e. The molecule has 2 saturated heterocycles. The molecule has 0 aromatic heterocycles. The zero-order valence-electron chi connectivity index (χ0n) is 17.4. The minimum Gasteiger partial charge on any atom is -0.326 e. The summed E-state index contributed by atoms with van der Waals surface area (Å²) in [6.07, 6.45) is 1.12. The van der Waals surface area contributed by atoms with Crippen LogP contribution in [0.5, 0.6) is 0 Å². The Labute approximate surface area is 180 Å². The first-order valence-corrected chi connectivity index (χ1v) is 10.4. The van der Waals surface area contributed by atoms with Crippen LogP contribution in [0.3, 0.4) is 0 Å². The number of para-hydroxylation sites is 1. The number of hydrogen-bond acceptors (Lipinski definition) is 3. The van der Waals surface area contributed by atoms with Crippen molar-refractivity contribution in [2.24, 2.45) is 0 Å². The highest BCUT2D eigenvalue weighted by Gasteiger charge is 2.34. The number of carbonyl (C=O) groups is 3. The molecule has 8 heteroatoms. The maximum absolute atomic E-state index is 14.1. The van der Waals surface area contributed by atoms with Crippen LogP contribution in [0.4, 0.5) is 20.6 Å².